The maximum absolute atomic E-state index is 10.7. The van der Waals surface area contributed by atoms with E-state index in [0.717, 1.165) is 25.7 Å². The smallest absolute Gasteiger partial charge is 0.180 e. The Morgan fingerprint density at radius 3 is 2.08 bits per heavy atom. The summed E-state index contributed by atoms with van der Waals surface area (Å²) in [5.41, 5.74) is -1.16. The predicted molar refractivity (Wildman–Crippen MR) is 43.8 cm³/mol. The molecule has 3 nitrogen and oxygen atoms in total. The van der Waals surface area contributed by atoms with Gasteiger partial charge in [-0.25, -0.2) is 0 Å². The van der Waals surface area contributed by atoms with Gasteiger partial charge in [0.25, 0.3) is 0 Å². The van der Waals surface area contributed by atoms with Crippen LogP contribution in [0.15, 0.2) is 0 Å². The zero-order valence-corrected chi connectivity index (χ0v) is 7.29. The molecule has 0 aromatic carbocycles. The highest BCUT2D eigenvalue weighted by Crippen LogP contribution is 2.33. The topological polar surface area (TPSA) is 43.4 Å². The van der Waals surface area contributed by atoms with Crippen molar-refractivity contribution < 1.29 is 14.3 Å². The number of methoxy groups -OCH3 is 1. The molecule has 0 spiro atoms. The number of hydrogen-bond acceptors (Lipinski definition) is 3. The minimum atomic E-state index is -1.16. The molecule has 0 saturated heterocycles. The highest BCUT2D eigenvalue weighted by Gasteiger charge is 2.40. The van der Waals surface area contributed by atoms with Crippen LogP contribution in [-0.2, 0) is 14.3 Å². The second kappa shape index (κ2) is 3.81. The Balaban J connectivity index is 2.74. The van der Waals surface area contributed by atoms with Crippen LogP contribution in [0.5, 0.6) is 0 Å². The minimum absolute atomic E-state index is 0.0949. The number of rotatable bonds is 4. The fourth-order valence-electron chi connectivity index (χ4n) is 1.86. The molecule has 1 rings (SSSR count). The SMILES string of the molecule is COC(C=O)(C=O)C1CCCC1. The number of hydrogen-bond donors (Lipinski definition) is 0. The van der Waals surface area contributed by atoms with Crippen molar-refractivity contribution >= 4 is 12.6 Å². The summed E-state index contributed by atoms with van der Waals surface area (Å²) < 4.78 is 4.98. The molecule has 1 saturated carbocycles. The molecule has 0 amide bonds. The Morgan fingerprint density at radius 2 is 1.75 bits per heavy atom. The van der Waals surface area contributed by atoms with Crippen LogP contribution < -0.4 is 0 Å². The lowest BCUT2D eigenvalue weighted by Gasteiger charge is -2.26. The second-order valence-electron chi connectivity index (χ2n) is 3.27. The summed E-state index contributed by atoms with van der Waals surface area (Å²) in [5.74, 6) is 0.0949. The van der Waals surface area contributed by atoms with Gasteiger partial charge in [-0.2, -0.15) is 0 Å². The Bertz CT molecular complexity index is 163. The molecule has 3 heteroatoms. The van der Waals surface area contributed by atoms with E-state index in [2.05, 4.69) is 0 Å². The molecule has 1 aliphatic rings. The van der Waals surface area contributed by atoms with E-state index in [0.29, 0.717) is 12.6 Å². The molecule has 0 N–H and O–H groups in total. The maximum Gasteiger partial charge on any atom is 0.180 e. The first-order valence-electron chi connectivity index (χ1n) is 4.27. The van der Waals surface area contributed by atoms with Crippen LogP contribution in [0, 0.1) is 5.92 Å². The van der Waals surface area contributed by atoms with Crippen molar-refractivity contribution in [2.75, 3.05) is 7.11 Å². The van der Waals surface area contributed by atoms with Gasteiger partial charge in [-0.3, -0.25) is 9.59 Å². The average molecular weight is 170 g/mol. The van der Waals surface area contributed by atoms with Crippen LogP contribution in [-0.4, -0.2) is 25.3 Å². The zero-order chi connectivity index (χ0) is 9.03. The van der Waals surface area contributed by atoms with Crippen molar-refractivity contribution in [1.82, 2.24) is 0 Å². The lowest BCUT2D eigenvalue weighted by atomic mass is 9.88. The summed E-state index contributed by atoms with van der Waals surface area (Å²) in [5, 5.41) is 0. The summed E-state index contributed by atoms with van der Waals surface area (Å²) in [6.45, 7) is 0. The standard InChI is InChI=1S/C9H14O3/c1-12-9(6-10,7-11)8-4-2-3-5-8/h6-8H,2-5H2,1H3. The summed E-state index contributed by atoms with van der Waals surface area (Å²) >= 11 is 0. The van der Waals surface area contributed by atoms with E-state index >= 15 is 0 Å². The molecule has 68 valence electrons. The van der Waals surface area contributed by atoms with Gasteiger partial charge in [-0.15, -0.1) is 0 Å². The van der Waals surface area contributed by atoms with Gasteiger partial charge in [-0.05, 0) is 12.8 Å². The lowest BCUT2D eigenvalue weighted by molar-refractivity contribution is -0.144. The molecule has 0 heterocycles. The van der Waals surface area contributed by atoms with Crippen LogP contribution in [0.25, 0.3) is 0 Å². The number of aldehydes is 2. The van der Waals surface area contributed by atoms with Gasteiger partial charge in [0.2, 0.25) is 0 Å². The summed E-state index contributed by atoms with van der Waals surface area (Å²) in [6, 6.07) is 0. The first-order valence-corrected chi connectivity index (χ1v) is 4.27. The third-order valence-electron chi connectivity index (χ3n) is 2.72. The van der Waals surface area contributed by atoms with Crippen LogP contribution >= 0.6 is 0 Å². The van der Waals surface area contributed by atoms with Crippen LogP contribution in [0.2, 0.25) is 0 Å². The number of carbonyl (C=O) groups is 2. The van der Waals surface area contributed by atoms with E-state index in [4.69, 9.17) is 4.74 Å². The van der Waals surface area contributed by atoms with E-state index in [1.54, 1.807) is 0 Å². The third-order valence-corrected chi connectivity index (χ3v) is 2.72. The van der Waals surface area contributed by atoms with Crippen LogP contribution in [0.3, 0.4) is 0 Å². The molecule has 0 atom stereocenters. The second-order valence-corrected chi connectivity index (χ2v) is 3.27. The van der Waals surface area contributed by atoms with Crippen molar-refractivity contribution in [3.63, 3.8) is 0 Å². The summed E-state index contributed by atoms with van der Waals surface area (Å²) in [6.07, 6.45) is 5.30. The Morgan fingerprint density at radius 1 is 1.25 bits per heavy atom. The first-order chi connectivity index (χ1) is 5.79. The van der Waals surface area contributed by atoms with Gasteiger partial charge in [0.15, 0.2) is 18.2 Å². The van der Waals surface area contributed by atoms with E-state index < -0.39 is 5.60 Å². The molecular weight excluding hydrogens is 156 g/mol. The molecule has 12 heavy (non-hydrogen) atoms. The maximum atomic E-state index is 10.7. The third kappa shape index (κ3) is 1.41. The molecule has 0 radical (unpaired) electrons. The van der Waals surface area contributed by atoms with Gasteiger partial charge >= 0.3 is 0 Å². The fraction of sp³-hybridized carbons (Fsp3) is 0.778. The largest absolute Gasteiger partial charge is 0.363 e. The molecule has 1 aliphatic carbocycles. The van der Waals surface area contributed by atoms with E-state index in [-0.39, 0.29) is 5.92 Å². The van der Waals surface area contributed by atoms with Crippen molar-refractivity contribution in [2.24, 2.45) is 5.92 Å². The quantitative estimate of drug-likeness (QED) is 0.466. The number of carbonyl (C=O) groups excluding carboxylic acids is 2. The van der Waals surface area contributed by atoms with Crippen molar-refractivity contribution in [2.45, 2.75) is 31.3 Å². The number of ether oxygens (including phenoxy) is 1. The summed E-state index contributed by atoms with van der Waals surface area (Å²) in [7, 11) is 1.42. The zero-order valence-electron chi connectivity index (χ0n) is 7.29. The molecule has 0 aliphatic heterocycles. The van der Waals surface area contributed by atoms with Gasteiger partial charge < -0.3 is 4.74 Å². The van der Waals surface area contributed by atoms with Crippen molar-refractivity contribution in [3.8, 4) is 0 Å². The van der Waals surface area contributed by atoms with Crippen LogP contribution in [0.4, 0.5) is 0 Å². The van der Waals surface area contributed by atoms with Crippen LogP contribution in [0.1, 0.15) is 25.7 Å². The van der Waals surface area contributed by atoms with E-state index in [1.807, 2.05) is 0 Å². The Kier molecular flexibility index (Phi) is 2.98. The molecule has 0 unspecified atom stereocenters. The minimum Gasteiger partial charge on any atom is -0.363 e. The Hall–Kier alpha value is -0.700. The fourth-order valence-corrected chi connectivity index (χ4v) is 1.86. The van der Waals surface area contributed by atoms with Crippen molar-refractivity contribution in [3.05, 3.63) is 0 Å². The molecular formula is C9H14O3. The molecule has 0 aromatic heterocycles. The van der Waals surface area contributed by atoms with Gasteiger partial charge in [0.1, 0.15) is 0 Å². The van der Waals surface area contributed by atoms with Gasteiger partial charge in [0, 0.05) is 13.0 Å². The van der Waals surface area contributed by atoms with Gasteiger partial charge in [-0.1, -0.05) is 12.8 Å². The predicted octanol–water partition coefficient (Wildman–Crippen LogP) is 0.960. The Labute approximate surface area is 72.1 Å². The highest BCUT2D eigenvalue weighted by atomic mass is 16.5. The summed E-state index contributed by atoms with van der Waals surface area (Å²) in [4.78, 5) is 21.4. The average Bonchev–Trinajstić information content (AvgIpc) is 2.62. The van der Waals surface area contributed by atoms with Gasteiger partial charge in [0.05, 0.1) is 0 Å². The lowest BCUT2D eigenvalue weighted by Crippen LogP contribution is -2.42. The van der Waals surface area contributed by atoms with E-state index in [9.17, 15) is 9.59 Å². The van der Waals surface area contributed by atoms with E-state index in [1.165, 1.54) is 7.11 Å². The normalized spacial score (nSPS) is 19.4. The first kappa shape index (κ1) is 9.39. The molecule has 0 aromatic rings. The van der Waals surface area contributed by atoms with Crippen molar-refractivity contribution in [1.29, 1.82) is 0 Å². The monoisotopic (exact) mass is 170 g/mol. The molecule has 0 bridgehead atoms. The molecule has 1 fully saturated rings. The highest BCUT2D eigenvalue weighted by molar-refractivity contribution is 5.88.